The Labute approximate surface area is 128 Å². The second-order valence-corrected chi connectivity index (χ2v) is 6.62. The molecule has 0 aliphatic heterocycles. The lowest BCUT2D eigenvalue weighted by molar-refractivity contribution is -0.146. The summed E-state index contributed by atoms with van der Waals surface area (Å²) in [7, 11) is 0. The molecule has 2 unspecified atom stereocenters. The van der Waals surface area contributed by atoms with Crippen LogP contribution in [0.5, 0.6) is 0 Å². The molecule has 1 aromatic rings. The highest BCUT2D eigenvalue weighted by molar-refractivity contribution is 7.09. The first-order chi connectivity index (χ1) is 10.0. The number of thiazole rings is 1. The third-order valence-electron chi connectivity index (χ3n) is 3.87. The molecule has 0 bridgehead atoms. The van der Waals surface area contributed by atoms with Crippen LogP contribution in [0.15, 0.2) is 11.6 Å². The summed E-state index contributed by atoms with van der Waals surface area (Å²) in [5.74, 6) is -0.630. The molecule has 1 aliphatic carbocycles. The van der Waals surface area contributed by atoms with Crippen molar-refractivity contribution < 1.29 is 14.7 Å². The largest absolute Gasteiger partial charge is 0.480 e. The number of aromatic nitrogens is 1. The minimum Gasteiger partial charge on any atom is -0.480 e. The fourth-order valence-corrected chi connectivity index (χ4v) is 3.45. The molecule has 21 heavy (non-hydrogen) atoms. The van der Waals surface area contributed by atoms with Crippen LogP contribution in [-0.2, 0) is 11.2 Å². The summed E-state index contributed by atoms with van der Waals surface area (Å²) in [6, 6.07) is -0.414. The Kier molecular flexibility index (Phi) is 5.17. The molecule has 1 fully saturated rings. The Morgan fingerprint density at radius 1 is 1.57 bits per heavy atom. The maximum Gasteiger partial charge on any atom is 0.329 e. The quantitative estimate of drug-likeness (QED) is 0.776. The smallest absolute Gasteiger partial charge is 0.329 e. The lowest BCUT2D eigenvalue weighted by Gasteiger charge is -2.36. The number of nitrogens with one attached hydrogen (secondary N) is 2. The molecule has 7 heteroatoms. The van der Waals surface area contributed by atoms with Crippen molar-refractivity contribution in [3.05, 3.63) is 16.6 Å². The lowest BCUT2D eigenvalue weighted by Crippen LogP contribution is -2.59. The lowest BCUT2D eigenvalue weighted by atomic mass is 9.76. The van der Waals surface area contributed by atoms with Crippen molar-refractivity contribution in [2.24, 2.45) is 5.92 Å². The number of hydrogen-bond donors (Lipinski definition) is 3. The summed E-state index contributed by atoms with van der Waals surface area (Å²) in [6.45, 7) is 2.48. The molecule has 6 nitrogen and oxygen atoms in total. The van der Waals surface area contributed by atoms with Crippen molar-refractivity contribution in [3.8, 4) is 0 Å². The Balaban J connectivity index is 1.85. The van der Waals surface area contributed by atoms with Gasteiger partial charge in [0.15, 0.2) is 0 Å². The number of carbonyl (C=O) groups is 2. The standard InChI is InChI=1S/C14H21N3O3S/c1-10-3-2-5-14(9-10,12(18)19)17-13(20)16-6-4-11-15-7-8-21-11/h7-8,10H,2-6,9H2,1H3,(H,18,19)(H2,16,17,20). The number of urea groups is 1. The van der Waals surface area contributed by atoms with E-state index in [9.17, 15) is 14.7 Å². The Hall–Kier alpha value is -1.63. The summed E-state index contributed by atoms with van der Waals surface area (Å²) < 4.78 is 0. The molecule has 0 radical (unpaired) electrons. The first-order valence-electron chi connectivity index (χ1n) is 7.19. The van der Waals surface area contributed by atoms with Crippen molar-refractivity contribution in [1.29, 1.82) is 0 Å². The average molecular weight is 311 g/mol. The normalized spacial score (nSPS) is 25.3. The third-order valence-corrected chi connectivity index (χ3v) is 4.71. The van der Waals surface area contributed by atoms with Crippen molar-refractivity contribution in [2.45, 2.75) is 44.6 Å². The van der Waals surface area contributed by atoms with Crippen LogP contribution in [0.2, 0.25) is 0 Å². The first kappa shape index (κ1) is 15.8. The van der Waals surface area contributed by atoms with E-state index in [2.05, 4.69) is 15.6 Å². The van der Waals surface area contributed by atoms with E-state index in [-0.39, 0.29) is 0 Å². The number of carboxylic acids is 1. The van der Waals surface area contributed by atoms with Crippen LogP contribution in [0.25, 0.3) is 0 Å². The van der Waals surface area contributed by atoms with E-state index < -0.39 is 17.5 Å². The summed E-state index contributed by atoms with van der Waals surface area (Å²) in [5, 5.41) is 17.7. The summed E-state index contributed by atoms with van der Waals surface area (Å²) >= 11 is 1.54. The van der Waals surface area contributed by atoms with Crippen LogP contribution < -0.4 is 10.6 Å². The van der Waals surface area contributed by atoms with E-state index in [0.29, 0.717) is 31.7 Å². The number of hydrogen-bond acceptors (Lipinski definition) is 4. The first-order valence-corrected chi connectivity index (χ1v) is 8.07. The van der Waals surface area contributed by atoms with E-state index >= 15 is 0 Å². The molecular formula is C14H21N3O3S. The van der Waals surface area contributed by atoms with E-state index in [4.69, 9.17) is 0 Å². The second kappa shape index (κ2) is 6.89. The maximum atomic E-state index is 12.0. The molecule has 0 aromatic carbocycles. The second-order valence-electron chi connectivity index (χ2n) is 5.65. The van der Waals surface area contributed by atoms with Gasteiger partial charge in [0, 0.05) is 24.5 Å². The van der Waals surface area contributed by atoms with Gasteiger partial charge in [0.25, 0.3) is 0 Å². The van der Waals surface area contributed by atoms with Gasteiger partial charge in [-0.2, -0.15) is 0 Å². The van der Waals surface area contributed by atoms with Crippen molar-refractivity contribution >= 4 is 23.3 Å². The van der Waals surface area contributed by atoms with Gasteiger partial charge in [0.05, 0.1) is 5.01 Å². The van der Waals surface area contributed by atoms with Gasteiger partial charge >= 0.3 is 12.0 Å². The number of carboxylic acid groups (broad SMARTS) is 1. The predicted octanol–water partition coefficient (Wildman–Crippen LogP) is 2.02. The fourth-order valence-electron chi connectivity index (χ4n) is 2.83. The van der Waals surface area contributed by atoms with Gasteiger partial charge in [-0.05, 0) is 18.8 Å². The zero-order valence-electron chi connectivity index (χ0n) is 12.1. The minimum atomic E-state index is -1.12. The van der Waals surface area contributed by atoms with E-state index in [1.165, 1.54) is 11.3 Å². The van der Waals surface area contributed by atoms with Gasteiger partial charge < -0.3 is 15.7 Å². The molecule has 1 aliphatic rings. The molecular weight excluding hydrogens is 290 g/mol. The van der Waals surface area contributed by atoms with Crippen LogP contribution in [0.4, 0.5) is 4.79 Å². The topological polar surface area (TPSA) is 91.3 Å². The van der Waals surface area contributed by atoms with Gasteiger partial charge in [-0.15, -0.1) is 11.3 Å². The third kappa shape index (κ3) is 4.17. The molecule has 2 amide bonds. The van der Waals surface area contributed by atoms with Gasteiger partial charge in [-0.1, -0.05) is 19.8 Å². The number of aliphatic carboxylic acids is 1. The Morgan fingerprint density at radius 2 is 2.38 bits per heavy atom. The fraction of sp³-hybridized carbons (Fsp3) is 0.643. The highest BCUT2D eigenvalue weighted by atomic mass is 32.1. The van der Waals surface area contributed by atoms with Crippen LogP contribution in [0.3, 0.4) is 0 Å². The van der Waals surface area contributed by atoms with Gasteiger partial charge in [-0.25, -0.2) is 14.6 Å². The number of nitrogens with zero attached hydrogens (tertiary/aromatic N) is 1. The van der Waals surface area contributed by atoms with Gasteiger partial charge in [0.2, 0.25) is 0 Å². The van der Waals surface area contributed by atoms with Crippen LogP contribution >= 0.6 is 11.3 Å². The molecule has 0 spiro atoms. The Bertz CT molecular complexity index is 492. The van der Waals surface area contributed by atoms with Crippen LogP contribution in [0.1, 0.15) is 37.6 Å². The molecule has 1 heterocycles. The van der Waals surface area contributed by atoms with E-state index in [1.54, 1.807) is 6.20 Å². The Morgan fingerprint density at radius 3 is 3.00 bits per heavy atom. The highest BCUT2D eigenvalue weighted by Crippen LogP contribution is 2.32. The van der Waals surface area contributed by atoms with E-state index in [1.807, 2.05) is 12.3 Å². The molecule has 116 valence electrons. The van der Waals surface area contributed by atoms with Crippen molar-refractivity contribution in [1.82, 2.24) is 15.6 Å². The van der Waals surface area contributed by atoms with Crippen LogP contribution in [-0.4, -0.2) is 34.2 Å². The minimum absolute atomic E-state index is 0.311. The molecule has 1 aromatic heterocycles. The molecule has 2 atom stereocenters. The maximum absolute atomic E-state index is 12.0. The highest BCUT2D eigenvalue weighted by Gasteiger charge is 2.43. The zero-order valence-corrected chi connectivity index (χ0v) is 12.9. The summed E-state index contributed by atoms with van der Waals surface area (Å²) in [6.07, 6.45) is 5.20. The van der Waals surface area contributed by atoms with Gasteiger partial charge in [-0.3, -0.25) is 0 Å². The number of carbonyl (C=O) groups excluding carboxylic acids is 1. The average Bonchev–Trinajstić information content (AvgIpc) is 2.91. The van der Waals surface area contributed by atoms with Gasteiger partial charge in [0.1, 0.15) is 5.54 Å². The SMILES string of the molecule is CC1CCCC(NC(=O)NCCc2nccs2)(C(=O)O)C1. The molecule has 1 saturated carbocycles. The van der Waals surface area contributed by atoms with E-state index in [0.717, 1.165) is 17.8 Å². The number of rotatable bonds is 5. The van der Waals surface area contributed by atoms with Crippen molar-refractivity contribution in [3.63, 3.8) is 0 Å². The zero-order chi connectivity index (χ0) is 15.3. The molecule has 3 N–H and O–H groups in total. The monoisotopic (exact) mass is 311 g/mol. The summed E-state index contributed by atoms with van der Waals surface area (Å²) in [4.78, 5) is 27.7. The molecule has 0 saturated heterocycles. The van der Waals surface area contributed by atoms with Crippen LogP contribution in [0, 0.1) is 5.92 Å². The molecule has 2 rings (SSSR count). The van der Waals surface area contributed by atoms with Crippen molar-refractivity contribution in [2.75, 3.05) is 6.54 Å². The summed E-state index contributed by atoms with van der Waals surface area (Å²) in [5.41, 5.74) is -1.12. The predicted molar refractivity (Wildman–Crippen MR) is 80.4 cm³/mol. The number of amides is 2.